The monoisotopic (exact) mass is 593 g/mol. The summed E-state index contributed by atoms with van der Waals surface area (Å²) < 4.78 is 7.12. The number of halogens is 1. The summed E-state index contributed by atoms with van der Waals surface area (Å²) >= 11 is 4.20. The van der Waals surface area contributed by atoms with Gasteiger partial charge in [-0.1, -0.05) is 53.8 Å². The van der Waals surface area contributed by atoms with E-state index >= 15 is 0 Å². The maximum absolute atomic E-state index is 13.9. The maximum atomic E-state index is 13.9. The summed E-state index contributed by atoms with van der Waals surface area (Å²) in [6, 6.07) is 14.9. The van der Waals surface area contributed by atoms with Gasteiger partial charge in [0.1, 0.15) is 5.75 Å². The van der Waals surface area contributed by atoms with Gasteiger partial charge in [0.25, 0.3) is 11.2 Å². The number of fused-ring (bicyclic) bond motifs is 2. The Morgan fingerprint density at radius 2 is 2.00 bits per heavy atom. The molecule has 0 fully saturated rings. The van der Waals surface area contributed by atoms with Crippen molar-refractivity contribution >= 4 is 55.8 Å². The average molecular weight is 594 g/mol. The number of aromatic nitrogens is 1. The first-order valence-electron chi connectivity index (χ1n) is 11.6. The van der Waals surface area contributed by atoms with E-state index in [1.807, 2.05) is 42.5 Å². The zero-order valence-electron chi connectivity index (χ0n) is 20.2. The number of hydrogen-bond acceptors (Lipinski definition) is 8. The first kappa shape index (κ1) is 25.6. The lowest BCUT2D eigenvalue weighted by Crippen LogP contribution is -2.40. The zero-order valence-corrected chi connectivity index (χ0v) is 22.6. The van der Waals surface area contributed by atoms with Crippen molar-refractivity contribution in [3.8, 4) is 5.75 Å². The summed E-state index contributed by atoms with van der Waals surface area (Å²) in [7, 11) is 0. The van der Waals surface area contributed by atoms with Crippen LogP contribution >= 0.6 is 27.3 Å². The van der Waals surface area contributed by atoms with Crippen LogP contribution < -0.4 is 14.9 Å². The third kappa shape index (κ3) is 4.33. The molecule has 0 radical (unpaired) electrons. The van der Waals surface area contributed by atoms with Crippen molar-refractivity contribution in [1.82, 2.24) is 4.57 Å². The van der Waals surface area contributed by atoms with Crippen LogP contribution in [0.2, 0.25) is 0 Å². The molecule has 0 amide bonds. The minimum atomic E-state index is -0.816. The molecule has 192 valence electrons. The Kier molecular flexibility index (Phi) is 6.72. The van der Waals surface area contributed by atoms with Crippen LogP contribution in [0.5, 0.6) is 5.75 Å². The number of hydrogen-bond donors (Lipinski definition) is 1. The number of esters is 1. The molecule has 11 heteroatoms. The highest BCUT2D eigenvalue weighted by Crippen LogP contribution is 2.35. The summed E-state index contributed by atoms with van der Waals surface area (Å²) in [5.41, 5.74) is 0.803. The number of non-ortho nitro benzene ring substituents is 1. The molecule has 0 spiro atoms. The number of nitrogens with zero attached hydrogens (tertiary/aromatic N) is 3. The summed E-state index contributed by atoms with van der Waals surface area (Å²) in [6.45, 7) is 3.56. The molecule has 1 aliphatic heterocycles. The van der Waals surface area contributed by atoms with E-state index in [-0.39, 0.29) is 38.2 Å². The lowest BCUT2D eigenvalue weighted by atomic mass is 9.91. The van der Waals surface area contributed by atoms with Gasteiger partial charge >= 0.3 is 5.97 Å². The molecule has 1 N–H and O–H groups in total. The molecule has 3 aromatic carbocycles. The van der Waals surface area contributed by atoms with Gasteiger partial charge in [-0.2, -0.15) is 0 Å². The average Bonchev–Trinajstić information content (AvgIpc) is 3.19. The topological polar surface area (TPSA) is 124 Å². The molecular weight excluding hydrogens is 574 g/mol. The number of phenols is 1. The van der Waals surface area contributed by atoms with Crippen LogP contribution in [0.1, 0.15) is 31.0 Å². The Balaban J connectivity index is 1.81. The Hall–Kier alpha value is -4.09. The van der Waals surface area contributed by atoms with E-state index in [9.17, 15) is 24.8 Å². The van der Waals surface area contributed by atoms with Crippen LogP contribution in [0.15, 0.2) is 80.1 Å². The Bertz CT molecular complexity index is 1850. The largest absolute Gasteiger partial charge is 0.506 e. The number of aromatic hydroxyl groups is 1. The third-order valence-electron chi connectivity index (χ3n) is 6.21. The van der Waals surface area contributed by atoms with E-state index in [0.29, 0.717) is 10.5 Å². The number of carbonyl (C=O) groups excluding carboxylic acids is 1. The second-order valence-corrected chi connectivity index (χ2v) is 10.4. The number of carbonyl (C=O) groups is 1. The molecule has 0 bridgehead atoms. The van der Waals surface area contributed by atoms with Crippen LogP contribution in [-0.4, -0.2) is 27.2 Å². The molecular formula is C27H20BrN3O6S. The fourth-order valence-corrected chi connectivity index (χ4v) is 6.04. The van der Waals surface area contributed by atoms with Crippen LogP contribution in [-0.2, 0) is 9.53 Å². The summed E-state index contributed by atoms with van der Waals surface area (Å²) in [5, 5.41) is 23.7. The minimum Gasteiger partial charge on any atom is -0.506 e. The summed E-state index contributed by atoms with van der Waals surface area (Å²) in [4.78, 5) is 42.7. The fraction of sp³-hybridized carbons (Fsp3) is 0.148. The maximum Gasteiger partial charge on any atom is 0.338 e. The fourth-order valence-electron chi connectivity index (χ4n) is 4.54. The molecule has 9 nitrogen and oxygen atoms in total. The van der Waals surface area contributed by atoms with Crippen molar-refractivity contribution in [1.29, 1.82) is 0 Å². The molecule has 38 heavy (non-hydrogen) atoms. The molecule has 2 heterocycles. The van der Waals surface area contributed by atoms with E-state index in [0.717, 1.165) is 27.7 Å². The van der Waals surface area contributed by atoms with Gasteiger partial charge in [0, 0.05) is 17.7 Å². The number of nitro benzene ring substituents is 1. The lowest BCUT2D eigenvalue weighted by molar-refractivity contribution is -0.385. The molecule has 0 saturated carbocycles. The SMILES string of the molecule is CCOC(=O)C1=C(C)N=c2sc(=Cc3cc([N+](=O)[O-])cc(Br)c3O)c(=O)n2C1c1cccc2ccccc12. The normalized spacial score (nSPS) is 15.3. The van der Waals surface area contributed by atoms with Gasteiger partial charge < -0.3 is 9.84 Å². The van der Waals surface area contributed by atoms with Crippen molar-refractivity contribution in [2.45, 2.75) is 19.9 Å². The summed E-state index contributed by atoms with van der Waals surface area (Å²) in [6.07, 6.45) is 1.39. The molecule has 0 aliphatic carbocycles. The van der Waals surface area contributed by atoms with E-state index in [1.165, 1.54) is 22.8 Å². The van der Waals surface area contributed by atoms with E-state index < -0.39 is 22.5 Å². The van der Waals surface area contributed by atoms with Crippen LogP contribution in [0, 0.1) is 10.1 Å². The quantitative estimate of drug-likeness (QED) is 0.209. The number of phenolic OH excluding ortho intramolecular Hbond substituents is 1. The molecule has 5 rings (SSSR count). The number of thiazole rings is 1. The second-order valence-electron chi connectivity index (χ2n) is 8.49. The molecule has 1 aliphatic rings. The number of rotatable bonds is 5. The van der Waals surface area contributed by atoms with Crippen LogP contribution in [0.3, 0.4) is 0 Å². The lowest BCUT2D eigenvalue weighted by Gasteiger charge is -2.25. The van der Waals surface area contributed by atoms with Crippen molar-refractivity contribution < 1.29 is 19.6 Å². The van der Waals surface area contributed by atoms with Crippen molar-refractivity contribution in [2.75, 3.05) is 6.61 Å². The number of ether oxygens (including phenoxy) is 1. The number of nitro groups is 1. The third-order valence-corrected chi connectivity index (χ3v) is 7.80. The first-order chi connectivity index (χ1) is 18.2. The summed E-state index contributed by atoms with van der Waals surface area (Å²) in [5.74, 6) is -0.809. The Labute approximate surface area is 227 Å². The second kappa shape index (κ2) is 9.99. The van der Waals surface area contributed by atoms with Gasteiger partial charge in [-0.05, 0) is 52.2 Å². The highest BCUT2D eigenvalue weighted by molar-refractivity contribution is 9.10. The van der Waals surface area contributed by atoms with Gasteiger partial charge in [0.15, 0.2) is 4.80 Å². The van der Waals surface area contributed by atoms with Crippen molar-refractivity contribution in [3.05, 3.63) is 111 Å². The zero-order chi connectivity index (χ0) is 27.1. The van der Waals surface area contributed by atoms with E-state index in [4.69, 9.17) is 4.74 Å². The van der Waals surface area contributed by atoms with E-state index in [1.54, 1.807) is 13.8 Å². The number of allylic oxidation sites excluding steroid dienone is 1. The molecule has 1 unspecified atom stereocenters. The van der Waals surface area contributed by atoms with Crippen molar-refractivity contribution in [3.63, 3.8) is 0 Å². The smallest absolute Gasteiger partial charge is 0.338 e. The standard InChI is InChI=1S/C27H20BrN3O6S/c1-3-37-26(34)22-14(2)29-27-30(23(22)19-10-6-8-15-7-4-5-9-18(15)19)25(33)21(38-27)12-16-11-17(31(35)36)13-20(28)24(16)32/h4-13,23,32H,3H2,1-2H3. The Morgan fingerprint density at radius 3 is 2.74 bits per heavy atom. The van der Waals surface area contributed by atoms with E-state index in [2.05, 4.69) is 20.9 Å². The van der Waals surface area contributed by atoms with Crippen LogP contribution in [0.25, 0.3) is 16.8 Å². The highest BCUT2D eigenvalue weighted by atomic mass is 79.9. The molecule has 1 atom stereocenters. The molecule has 1 aromatic heterocycles. The van der Waals surface area contributed by atoms with Crippen LogP contribution in [0.4, 0.5) is 5.69 Å². The highest BCUT2D eigenvalue weighted by Gasteiger charge is 2.34. The molecule has 4 aromatic rings. The van der Waals surface area contributed by atoms with Gasteiger partial charge in [-0.3, -0.25) is 19.5 Å². The van der Waals surface area contributed by atoms with Gasteiger partial charge in [-0.15, -0.1) is 0 Å². The number of benzene rings is 3. The van der Waals surface area contributed by atoms with Crippen molar-refractivity contribution in [2.24, 2.45) is 4.99 Å². The first-order valence-corrected chi connectivity index (χ1v) is 13.2. The predicted octanol–water partition coefficient (Wildman–Crippen LogP) is 4.33. The van der Waals surface area contributed by atoms with Gasteiger partial charge in [0.2, 0.25) is 0 Å². The van der Waals surface area contributed by atoms with Gasteiger partial charge in [0.05, 0.1) is 37.8 Å². The minimum absolute atomic E-state index is 0.0966. The Morgan fingerprint density at radius 1 is 1.26 bits per heavy atom. The predicted molar refractivity (Wildman–Crippen MR) is 147 cm³/mol. The van der Waals surface area contributed by atoms with Gasteiger partial charge in [-0.25, -0.2) is 9.79 Å². The molecule has 0 saturated heterocycles.